The minimum absolute atomic E-state index is 0.0750. The number of anilines is 1. The Morgan fingerprint density at radius 3 is 2.54 bits per heavy atom. The van der Waals surface area contributed by atoms with Gasteiger partial charge in [0.25, 0.3) is 0 Å². The first-order valence-corrected chi connectivity index (χ1v) is 7.83. The molecule has 1 aromatic rings. The van der Waals surface area contributed by atoms with E-state index in [1.54, 1.807) is 32.0 Å². The number of carbonyl (C=O) groups is 3. The zero-order valence-electron chi connectivity index (χ0n) is 14.0. The van der Waals surface area contributed by atoms with Gasteiger partial charge in [-0.3, -0.25) is 9.59 Å². The average molecular weight is 335 g/mol. The van der Waals surface area contributed by atoms with Crippen molar-refractivity contribution in [3.63, 3.8) is 0 Å². The van der Waals surface area contributed by atoms with E-state index in [1.165, 1.54) is 12.0 Å². The van der Waals surface area contributed by atoms with E-state index in [4.69, 9.17) is 14.2 Å². The molecule has 1 saturated heterocycles. The molecule has 1 unspecified atom stereocenters. The van der Waals surface area contributed by atoms with Gasteiger partial charge < -0.3 is 19.1 Å². The third-order valence-corrected chi connectivity index (χ3v) is 3.73. The summed E-state index contributed by atoms with van der Waals surface area (Å²) >= 11 is 0. The molecule has 0 bridgehead atoms. The van der Waals surface area contributed by atoms with Gasteiger partial charge in [0.2, 0.25) is 5.91 Å². The topological polar surface area (TPSA) is 82.1 Å². The first-order valence-electron chi connectivity index (χ1n) is 7.83. The molecule has 0 N–H and O–H groups in total. The summed E-state index contributed by atoms with van der Waals surface area (Å²) in [5, 5.41) is 0. The van der Waals surface area contributed by atoms with Crippen LogP contribution in [0.5, 0.6) is 5.75 Å². The maximum atomic E-state index is 12.3. The number of rotatable bonds is 6. The minimum atomic E-state index is -0.520. The summed E-state index contributed by atoms with van der Waals surface area (Å²) in [6.45, 7) is 4.16. The van der Waals surface area contributed by atoms with E-state index in [9.17, 15) is 14.4 Å². The van der Waals surface area contributed by atoms with Crippen molar-refractivity contribution in [3.8, 4) is 5.75 Å². The second kappa shape index (κ2) is 7.81. The second-order valence-electron chi connectivity index (χ2n) is 5.26. The predicted octanol–water partition coefficient (Wildman–Crippen LogP) is 1.79. The molecule has 0 saturated carbocycles. The van der Waals surface area contributed by atoms with Gasteiger partial charge in [-0.15, -0.1) is 0 Å². The first kappa shape index (κ1) is 17.8. The van der Waals surface area contributed by atoms with Gasteiger partial charge >= 0.3 is 11.9 Å². The highest BCUT2D eigenvalue weighted by molar-refractivity contribution is 6.02. The monoisotopic (exact) mass is 335 g/mol. The van der Waals surface area contributed by atoms with Crippen LogP contribution in [0.15, 0.2) is 18.2 Å². The lowest BCUT2D eigenvalue weighted by atomic mass is 10.1. The highest BCUT2D eigenvalue weighted by atomic mass is 16.5. The zero-order chi connectivity index (χ0) is 17.7. The molecule has 1 amide bonds. The Labute approximate surface area is 140 Å². The fourth-order valence-corrected chi connectivity index (χ4v) is 2.60. The van der Waals surface area contributed by atoms with Gasteiger partial charge in [-0.1, -0.05) is 0 Å². The van der Waals surface area contributed by atoms with Gasteiger partial charge in [0.15, 0.2) is 0 Å². The largest absolute Gasteiger partial charge is 0.495 e. The summed E-state index contributed by atoms with van der Waals surface area (Å²) in [6.07, 6.45) is 0.0750. The van der Waals surface area contributed by atoms with Crippen molar-refractivity contribution in [2.75, 3.05) is 31.8 Å². The Kier molecular flexibility index (Phi) is 5.78. The lowest BCUT2D eigenvalue weighted by Gasteiger charge is -2.20. The van der Waals surface area contributed by atoms with Gasteiger partial charge in [-0.25, -0.2) is 4.79 Å². The maximum Gasteiger partial charge on any atom is 0.338 e. The predicted molar refractivity (Wildman–Crippen MR) is 86.0 cm³/mol. The number of amides is 1. The molecule has 1 atom stereocenters. The van der Waals surface area contributed by atoms with E-state index in [-0.39, 0.29) is 32.1 Å². The number of carbonyl (C=O) groups excluding carboxylic acids is 3. The van der Waals surface area contributed by atoms with Crippen molar-refractivity contribution in [1.29, 1.82) is 0 Å². The lowest BCUT2D eigenvalue weighted by molar-refractivity contribution is -0.147. The normalized spacial score (nSPS) is 16.9. The molecular formula is C17H21NO6. The van der Waals surface area contributed by atoms with Crippen LogP contribution in [0.1, 0.15) is 30.6 Å². The van der Waals surface area contributed by atoms with Crippen molar-refractivity contribution in [2.45, 2.75) is 20.3 Å². The van der Waals surface area contributed by atoms with E-state index < -0.39 is 17.9 Å². The van der Waals surface area contributed by atoms with E-state index in [1.807, 2.05) is 0 Å². The fraction of sp³-hybridized carbons (Fsp3) is 0.471. The third-order valence-electron chi connectivity index (χ3n) is 3.73. The molecule has 1 fully saturated rings. The van der Waals surface area contributed by atoms with Crippen LogP contribution < -0.4 is 9.64 Å². The summed E-state index contributed by atoms with van der Waals surface area (Å²) in [5.41, 5.74) is 0.764. The first-order chi connectivity index (χ1) is 11.5. The van der Waals surface area contributed by atoms with E-state index in [2.05, 4.69) is 0 Å². The Hall–Kier alpha value is -2.57. The molecule has 0 aromatic heterocycles. The molecule has 130 valence electrons. The summed E-state index contributed by atoms with van der Waals surface area (Å²) in [6, 6.07) is 4.72. The molecule has 0 spiro atoms. The van der Waals surface area contributed by atoms with Crippen molar-refractivity contribution in [1.82, 2.24) is 0 Å². The number of esters is 2. The number of benzene rings is 1. The number of hydrogen-bond acceptors (Lipinski definition) is 6. The molecule has 2 rings (SSSR count). The third kappa shape index (κ3) is 3.67. The summed E-state index contributed by atoms with van der Waals surface area (Å²) in [5.74, 6) is -1.16. The molecule has 1 aliphatic heterocycles. The second-order valence-corrected chi connectivity index (χ2v) is 5.26. The number of nitrogens with zero attached hydrogens (tertiary/aromatic N) is 1. The van der Waals surface area contributed by atoms with E-state index >= 15 is 0 Å². The van der Waals surface area contributed by atoms with Crippen molar-refractivity contribution < 1.29 is 28.6 Å². The Bertz CT molecular complexity index is 642. The van der Waals surface area contributed by atoms with Crippen LogP contribution in [-0.4, -0.2) is 44.7 Å². The quantitative estimate of drug-likeness (QED) is 0.737. The Morgan fingerprint density at radius 2 is 1.92 bits per heavy atom. The Balaban J connectivity index is 2.29. The van der Waals surface area contributed by atoms with Crippen LogP contribution in [0.2, 0.25) is 0 Å². The SMILES string of the molecule is CCOC(=O)c1ccc(OC)c(N2CC(C(=O)OCC)CC2=O)c1. The molecule has 1 aromatic carbocycles. The van der Waals surface area contributed by atoms with E-state index in [0.717, 1.165) is 0 Å². The van der Waals surface area contributed by atoms with Gasteiger partial charge in [-0.2, -0.15) is 0 Å². The molecule has 7 nitrogen and oxygen atoms in total. The molecular weight excluding hydrogens is 314 g/mol. The number of ether oxygens (including phenoxy) is 3. The van der Waals surface area contributed by atoms with Crippen LogP contribution in [0.4, 0.5) is 5.69 Å². The summed E-state index contributed by atoms with van der Waals surface area (Å²) in [7, 11) is 1.48. The molecule has 1 aliphatic rings. The number of hydrogen-bond donors (Lipinski definition) is 0. The zero-order valence-corrected chi connectivity index (χ0v) is 14.0. The molecule has 0 radical (unpaired) electrons. The fourth-order valence-electron chi connectivity index (χ4n) is 2.60. The highest BCUT2D eigenvalue weighted by Crippen LogP contribution is 2.34. The van der Waals surface area contributed by atoms with Crippen LogP contribution in [0.3, 0.4) is 0 Å². The number of methoxy groups -OCH3 is 1. The molecule has 7 heteroatoms. The van der Waals surface area contributed by atoms with Gasteiger partial charge in [0, 0.05) is 13.0 Å². The molecule has 24 heavy (non-hydrogen) atoms. The van der Waals surface area contributed by atoms with Crippen molar-refractivity contribution in [2.24, 2.45) is 5.92 Å². The van der Waals surface area contributed by atoms with Crippen molar-refractivity contribution in [3.05, 3.63) is 23.8 Å². The average Bonchev–Trinajstić information content (AvgIpc) is 2.96. The molecule has 0 aliphatic carbocycles. The summed E-state index contributed by atoms with van der Waals surface area (Å²) in [4.78, 5) is 37.5. The van der Waals surface area contributed by atoms with Gasteiger partial charge in [0.05, 0.1) is 37.5 Å². The Morgan fingerprint density at radius 1 is 1.21 bits per heavy atom. The van der Waals surface area contributed by atoms with Crippen LogP contribution in [-0.2, 0) is 19.1 Å². The standard InChI is InChI=1S/C17H21NO6/c1-4-23-16(20)11-6-7-14(22-3)13(8-11)18-10-12(9-15(18)19)17(21)24-5-2/h6-8,12H,4-5,9-10H2,1-3H3. The van der Waals surface area contributed by atoms with Crippen LogP contribution >= 0.6 is 0 Å². The van der Waals surface area contributed by atoms with Crippen molar-refractivity contribution >= 4 is 23.5 Å². The maximum absolute atomic E-state index is 12.3. The smallest absolute Gasteiger partial charge is 0.338 e. The summed E-state index contributed by atoms with van der Waals surface area (Å²) < 4.78 is 15.2. The molecule has 1 heterocycles. The van der Waals surface area contributed by atoms with E-state index in [0.29, 0.717) is 17.0 Å². The highest BCUT2D eigenvalue weighted by Gasteiger charge is 2.37. The van der Waals surface area contributed by atoms with Crippen LogP contribution in [0, 0.1) is 5.92 Å². The van der Waals surface area contributed by atoms with Gasteiger partial charge in [-0.05, 0) is 32.0 Å². The lowest BCUT2D eigenvalue weighted by Crippen LogP contribution is -2.27. The minimum Gasteiger partial charge on any atom is -0.495 e. The van der Waals surface area contributed by atoms with Gasteiger partial charge in [0.1, 0.15) is 5.75 Å². The van der Waals surface area contributed by atoms with Crippen LogP contribution in [0.25, 0.3) is 0 Å².